The first-order valence-corrected chi connectivity index (χ1v) is 7.46. The van der Waals surface area contributed by atoms with Gasteiger partial charge in [0, 0.05) is 30.2 Å². The number of rotatable bonds is 2. The van der Waals surface area contributed by atoms with Gasteiger partial charge in [-0.1, -0.05) is 0 Å². The van der Waals surface area contributed by atoms with Crippen molar-refractivity contribution < 1.29 is 0 Å². The molecule has 0 radical (unpaired) electrons. The number of nitrogens with zero attached hydrogens (tertiary/aromatic N) is 1. The largest absolute Gasteiger partial charge is 0.328 e. The second-order valence-corrected chi connectivity index (χ2v) is 6.50. The number of hydrogen-bond acceptors (Lipinski definition) is 3. The van der Waals surface area contributed by atoms with Crippen LogP contribution in [0.25, 0.3) is 0 Å². The highest BCUT2D eigenvalue weighted by atomic mass is 15.2. The van der Waals surface area contributed by atoms with Crippen LogP contribution in [0.3, 0.4) is 0 Å². The van der Waals surface area contributed by atoms with Gasteiger partial charge in [0.1, 0.15) is 0 Å². The maximum absolute atomic E-state index is 5.97. The molecule has 3 heteroatoms. The molecule has 3 rings (SSSR count). The topological polar surface area (TPSA) is 41.3 Å². The molecule has 3 fully saturated rings. The molecule has 2 heterocycles. The molecule has 0 aromatic rings. The summed E-state index contributed by atoms with van der Waals surface area (Å²) in [5.41, 5.74) is 5.97. The van der Waals surface area contributed by atoms with Gasteiger partial charge >= 0.3 is 0 Å². The van der Waals surface area contributed by atoms with Crippen LogP contribution in [0.1, 0.15) is 51.4 Å². The zero-order valence-electron chi connectivity index (χ0n) is 11.1. The van der Waals surface area contributed by atoms with Crippen LogP contribution in [0.5, 0.6) is 0 Å². The highest BCUT2D eigenvalue weighted by Crippen LogP contribution is 2.34. The average Bonchev–Trinajstić information content (AvgIpc) is 2.55. The van der Waals surface area contributed by atoms with Crippen LogP contribution < -0.4 is 11.1 Å². The van der Waals surface area contributed by atoms with E-state index in [1.807, 2.05) is 0 Å². The van der Waals surface area contributed by atoms with E-state index in [-0.39, 0.29) is 0 Å². The predicted molar refractivity (Wildman–Crippen MR) is 71.0 cm³/mol. The lowest BCUT2D eigenvalue weighted by atomic mass is 9.89. The van der Waals surface area contributed by atoms with E-state index in [2.05, 4.69) is 17.3 Å². The van der Waals surface area contributed by atoms with Gasteiger partial charge in [0.15, 0.2) is 0 Å². The van der Waals surface area contributed by atoms with Crippen molar-refractivity contribution >= 4 is 0 Å². The van der Waals surface area contributed by atoms with Crippen LogP contribution >= 0.6 is 0 Å². The van der Waals surface area contributed by atoms with Gasteiger partial charge in [0.2, 0.25) is 0 Å². The minimum Gasteiger partial charge on any atom is -0.328 e. The third kappa shape index (κ3) is 2.51. The van der Waals surface area contributed by atoms with Crippen molar-refractivity contribution in [3.63, 3.8) is 0 Å². The number of fused-ring (bicyclic) bond motifs is 2. The molecule has 0 amide bonds. The van der Waals surface area contributed by atoms with Crippen molar-refractivity contribution in [3.05, 3.63) is 0 Å². The molecule has 3 nitrogen and oxygen atoms in total. The Balaban J connectivity index is 1.50. The summed E-state index contributed by atoms with van der Waals surface area (Å²) in [7, 11) is 2.32. The van der Waals surface area contributed by atoms with E-state index in [0.717, 1.165) is 24.2 Å². The van der Waals surface area contributed by atoms with Crippen molar-refractivity contribution in [3.8, 4) is 0 Å². The number of piperidine rings is 1. The zero-order valence-corrected chi connectivity index (χ0v) is 11.1. The fourth-order valence-electron chi connectivity index (χ4n) is 4.17. The summed E-state index contributed by atoms with van der Waals surface area (Å²) in [4.78, 5) is 2.62. The van der Waals surface area contributed by atoms with Gasteiger partial charge in [-0.25, -0.2) is 0 Å². The number of hydrogen-bond donors (Lipinski definition) is 2. The SMILES string of the molecule is CN1C2CCC1CC(NC1CCC(N)CC1)C2. The molecule has 2 unspecified atom stereocenters. The molecule has 98 valence electrons. The molecule has 2 atom stereocenters. The second-order valence-electron chi connectivity index (χ2n) is 6.50. The minimum absolute atomic E-state index is 0.474. The summed E-state index contributed by atoms with van der Waals surface area (Å²) in [5, 5.41) is 3.92. The molecule has 2 bridgehead atoms. The lowest BCUT2D eigenvalue weighted by Gasteiger charge is -2.39. The summed E-state index contributed by atoms with van der Waals surface area (Å²) in [5.74, 6) is 0. The van der Waals surface area contributed by atoms with E-state index in [0.29, 0.717) is 6.04 Å². The molecule has 1 saturated carbocycles. The Morgan fingerprint density at radius 3 is 2.06 bits per heavy atom. The highest BCUT2D eigenvalue weighted by Gasteiger charge is 2.38. The molecular formula is C14H27N3. The lowest BCUT2D eigenvalue weighted by molar-refractivity contribution is 0.138. The van der Waals surface area contributed by atoms with E-state index < -0.39 is 0 Å². The van der Waals surface area contributed by atoms with Crippen LogP contribution in [0.2, 0.25) is 0 Å². The van der Waals surface area contributed by atoms with E-state index in [4.69, 9.17) is 5.73 Å². The van der Waals surface area contributed by atoms with Crippen molar-refractivity contribution in [2.24, 2.45) is 5.73 Å². The smallest absolute Gasteiger partial charge is 0.0111 e. The lowest BCUT2D eigenvalue weighted by Crippen LogP contribution is -2.51. The molecule has 1 aliphatic carbocycles. The van der Waals surface area contributed by atoms with Gasteiger partial charge in [-0.15, -0.1) is 0 Å². The Morgan fingerprint density at radius 2 is 1.47 bits per heavy atom. The average molecular weight is 237 g/mol. The maximum Gasteiger partial charge on any atom is 0.0111 e. The van der Waals surface area contributed by atoms with Gasteiger partial charge in [0.25, 0.3) is 0 Å². The Bertz CT molecular complexity index is 246. The maximum atomic E-state index is 5.97. The van der Waals surface area contributed by atoms with E-state index >= 15 is 0 Å². The van der Waals surface area contributed by atoms with Crippen LogP contribution in [-0.4, -0.2) is 42.2 Å². The predicted octanol–water partition coefficient (Wildman–Crippen LogP) is 1.47. The molecule has 2 aliphatic heterocycles. The number of nitrogens with two attached hydrogens (primary N) is 1. The van der Waals surface area contributed by atoms with Gasteiger partial charge in [0.05, 0.1) is 0 Å². The number of nitrogens with one attached hydrogen (secondary N) is 1. The molecule has 3 aliphatic rings. The third-order valence-electron chi connectivity index (χ3n) is 5.34. The van der Waals surface area contributed by atoms with Crippen LogP contribution in [0, 0.1) is 0 Å². The molecule has 3 N–H and O–H groups in total. The zero-order chi connectivity index (χ0) is 11.8. The Hall–Kier alpha value is -0.120. The van der Waals surface area contributed by atoms with E-state index in [9.17, 15) is 0 Å². The third-order valence-corrected chi connectivity index (χ3v) is 5.34. The van der Waals surface area contributed by atoms with Gasteiger partial charge in [-0.05, 0) is 58.4 Å². The Kier molecular flexibility index (Phi) is 3.42. The first kappa shape index (κ1) is 11.9. The fourth-order valence-corrected chi connectivity index (χ4v) is 4.17. The quantitative estimate of drug-likeness (QED) is 0.764. The second kappa shape index (κ2) is 4.87. The van der Waals surface area contributed by atoms with Crippen LogP contribution in [0.15, 0.2) is 0 Å². The van der Waals surface area contributed by atoms with E-state index in [1.165, 1.54) is 51.4 Å². The van der Waals surface area contributed by atoms with Crippen LogP contribution in [0.4, 0.5) is 0 Å². The van der Waals surface area contributed by atoms with Gasteiger partial charge in [-0.3, -0.25) is 0 Å². The summed E-state index contributed by atoms with van der Waals surface area (Å²) in [6.07, 6.45) is 10.6. The molecule has 0 aromatic heterocycles. The minimum atomic E-state index is 0.474. The van der Waals surface area contributed by atoms with Crippen molar-refractivity contribution in [1.29, 1.82) is 0 Å². The van der Waals surface area contributed by atoms with Crippen molar-refractivity contribution in [2.45, 2.75) is 81.6 Å². The fraction of sp³-hybridized carbons (Fsp3) is 1.00. The van der Waals surface area contributed by atoms with Gasteiger partial charge in [-0.2, -0.15) is 0 Å². The summed E-state index contributed by atoms with van der Waals surface area (Å²) < 4.78 is 0. The standard InChI is InChI=1S/C14H27N3/c1-17-13-6-7-14(17)9-12(8-13)16-11-4-2-10(15)3-5-11/h10-14,16H,2-9,15H2,1H3. The first-order valence-electron chi connectivity index (χ1n) is 7.46. The van der Waals surface area contributed by atoms with Crippen LogP contribution in [-0.2, 0) is 0 Å². The summed E-state index contributed by atoms with van der Waals surface area (Å²) in [6.45, 7) is 0. The summed E-state index contributed by atoms with van der Waals surface area (Å²) in [6, 6.07) is 3.72. The highest BCUT2D eigenvalue weighted by molar-refractivity contribution is 4.97. The Morgan fingerprint density at radius 1 is 0.882 bits per heavy atom. The summed E-state index contributed by atoms with van der Waals surface area (Å²) >= 11 is 0. The molecular weight excluding hydrogens is 210 g/mol. The molecule has 17 heavy (non-hydrogen) atoms. The Labute approximate surface area is 105 Å². The van der Waals surface area contributed by atoms with Crippen molar-refractivity contribution in [1.82, 2.24) is 10.2 Å². The van der Waals surface area contributed by atoms with E-state index in [1.54, 1.807) is 0 Å². The first-order chi connectivity index (χ1) is 8.22. The normalized spacial score (nSPS) is 47.3. The molecule has 0 spiro atoms. The van der Waals surface area contributed by atoms with Crippen molar-refractivity contribution in [2.75, 3.05) is 7.05 Å². The van der Waals surface area contributed by atoms with Gasteiger partial charge < -0.3 is 16.0 Å². The molecule has 2 saturated heterocycles. The monoisotopic (exact) mass is 237 g/mol. The molecule has 0 aromatic carbocycles.